The number of rotatable bonds is 4. The van der Waals surface area contributed by atoms with Gasteiger partial charge in [-0.2, -0.15) is 0 Å². The Morgan fingerprint density at radius 2 is 2.21 bits per heavy atom. The average Bonchev–Trinajstić information content (AvgIpc) is 3.07. The molecule has 0 bridgehead atoms. The number of fused-ring (bicyclic) bond motifs is 1. The zero-order valence-electron chi connectivity index (χ0n) is 11.5. The Morgan fingerprint density at radius 3 is 3.00 bits per heavy atom. The van der Waals surface area contributed by atoms with E-state index in [0.717, 1.165) is 18.0 Å². The molecule has 1 fully saturated rings. The van der Waals surface area contributed by atoms with Crippen LogP contribution in [0.2, 0.25) is 0 Å². The predicted octanol–water partition coefficient (Wildman–Crippen LogP) is 2.29. The maximum absolute atomic E-state index is 6.03. The summed E-state index contributed by atoms with van der Waals surface area (Å²) in [7, 11) is 0. The number of nitrogens with two attached hydrogens (primary N) is 1. The maximum atomic E-state index is 6.03. The van der Waals surface area contributed by atoms with Crippen LogP contribution < -0.4 is 15.2 Å². The first-order valence-electron chi connectivity index (χ1n) is 7.19. The summed E-state index contributed by atoms with van der Waals surface area (Å²) in [6, 6.07) is 7.17. The van der Waals surface area contributed by atoms with E-state index in [-0.39, 0.29) is 0 Å². The van der Waals surface area contributed by atoms with Gasteiger partial charge in [0, 0.05) is 18.6 Å². The number of ether oxygens (including phenoxy) is 2. The fraction of sp³-hybridized carbons (Fsp3) is 0.600. The predicted molar refractivity (Wildman–Crippen MR) is 74.4 cm³/mol. The molecule has 2 N–H and O–H groups in total. The highest BCUT2D eigenvalue weighted by Gasteiger charge is 2.30. The molecule has 4 nitrogen and oxygen atoms in total. The van der Waals surface area contributed by atoms with Gasteiger partial charge < -0.3 is 15.2 Å². The van der Waals surface area contributed by atoms with E-state index in [4.69, 9.17) is 15.2 Å². The van der Waals surface area contributed by atoms with Gasteiger partial charge in [0.2, 0.25) is 6.79 Å². The average molecular weight is 262 g/mol. The highest BCUT2D eigenvalue weighted by Crippen LogP contribution is 2.37. The Morgan fingerprint density at radius 1 is 1.37 bits per heavy atom. The molecular weight excluding hydrogens is 240 g/mol. The maximum Gasteiger partial charge on any atom is 0.231 e. The van der Waals surface area contributed by atoms with E-state index in [2.05, 4.69) is 24.0 Å². The molecular formula is C15H22N2O2. The highest BCUT2D eigenvalue weighted by atomic mass is 16.7. The van der Waals surface area contributed by atoms with Gasteiger partial charge in [-0.25, -0.2) is 0 Å². The molecule has 1 aromatic carbocycles. The first-order valence-corrected chi connectivity index (χ1v) is 7.19. The Hall–Kier alpha value is -1.26. The summed E-state index contributed by atoms with van der Waals surface area (Å²) in [5.74, 6) is 1.69. The van der Waals surface area contributed by atoms with Crippen LogP contribution >= 0.6 is 0 Å². The van der Waals surface area contributed by atoms with Crippen molar-refractivity contribution in [1.29, 1.82) is 0 Å². The summed E-state index contributed by atoms with van der Waals surface area (Å²) < 4.78 is 10.8. The van der Waals surface area contributed by atoms with Gasteiger partial charge in [-0.3, -0.25) is 4.90 Å². The molecule has 3 rings (SSSR count). The third-order valence-corrected chi connectivity index (χ3v) is 4.30. The lowest BCUT2D eigenvalue weighted by Gasteiger charge is -2.32. The number of hydrogen-bond donors (Lipinski definition) is 1. The van der Waals surface area contributed by atoms with Crippen LogP contribution in [0.1, 0.15) is 37.8 Å². The summed E-state index contributed by atoms with van der Waals surface area (Å²) in [6.07, 6.45) is 3.76. The lowest BCUT2D eigenvalue weighted by molar-refractivity contribution is 0.172. The Bertz CT molecular complexity index is 450. The van der Waals surface area contributed by atoms with Gasteiger partial charge in [0.1, 0.15) is 0 Å². The summed E-state index contributed by atoms with van der Waals surface area (Å²) in [6.45, 7) is 4.38. The van der Waals surface area contributed by atoms with Crippen LogP contribution in [-0.4, -0.2) is 30.8 Å². The van der Waals surface area contributed by atoms with Crippen LogP contribution in [0.5, 0.6) is 11.5 Å². The molecule has 0 amide bonds. The zero-order valence-corrected chi connectivity index (χ0v) is 11.5. The van der Waals surface area contributed by atoms with Gasteiger partial charge in [-0.15, -0.1) is 0 Å². The zero-order chi connectivity index (χ0) is 13.2. The Kier molecular flexibility index (Phi) is 3.62. The standard InChI is InChI=1S/C15H22N2O2/c1-2-12-4-3-7-17(12)13(9-16)11-5-6-14-15(8-11)19-10-18-14/h5-6,8,12-13H,2-4,7,9-10,16H2,1H3. The van der Waals surface area contributed by atoms with E-state index in [1.54, 1.807) is 0 Å². The van der Waals surface area contributed by atoms with E-state index in [1.165, 1.54) is 24.8 Å². The minimum Gasteiger partial charge on any atom is -0.454 e. The molecule has 0 saturated carbocycles. The summed E-state index contributed by atoms with van der Waals surface area (Å²) in [4.78, 5) is 2.55. The van der Waals surface area contributed by atoms with Crippen LogP contribution in [0, 0.1) is 0 Å². The Balaban J connectivity index is 1.85. The van der Waals surface area contributed by atoms with Gasteiger partial charge in [0.05, 0.1) is 0 Å². The molecule has 4 heteroatoms. The second kappa shape index (κ2) is 5.39. The molecule has 0 radical (unpaired) electrons. The lowest BCUT2D eigenvalue weighted by Crippen LogP contribution is -2.37. The molecule has 2 heterocycles. The third kappa shape index (κ3) is 2.30. The molecule has 2 atom stereocenters. The monoisotopic (exact) mass is 262 g/mol. The molecule has 2 unspecified atom stereocenters. The quantitative estimate of drug-likeness (QED) is 0.904. The minimum absolute atomic E-state index is 0.293. The summed E-state index contributed by atoms with van der Waals surface area (Å²) >= 11 is 0. The van der Waals surface area contributed by atoms with Gasteiger partial charge in [-0.1, -0.05) is 13.0 Å². The number of nitrogens with zero attached hydrogens (tertiary/aromatic N) is 1. The fourth-order valence-corrected chi connectivity index (χ4v) is 3.29. The van der Waals surface area contributed by atoms with Gasteiger partial charge >= 0.3 is 0 Å². The fourth-order valence-electron chi connectivity index (χ4n) is 3.29. The van der Waals surface area contributed by atoms with Crippen LogP contribution in [0.4, 0.5) is 0 Å². The Labute approximate surface area is 114 Å². The van der Waals surface area contributed by atoms with Crippen LogP contribution in [0.25, 0.3) is 0 Å². The van der Waals surface area contributed by atoms with Gasteiger partial charge in [0.15, 0.2) is 11.5 Å². The number of likely N-dealkylation sites (tertiary alicyclic amines) is 1. The summed E-state index contributed by atoms with van der Waals surface area (Å²) in [5.41, 5.74) is 7.28. The second-order valence-electron chi connectivity index (χ2n) is 5.31. The van der Waals surface area contributed by atoms with Crippen molar-refractivity contribution in [3.05, 3.63) is 23.8 Å². The van der Waals surface area contributed by atoms with Crippen LogP contribution in [-0.2, 0) is 0 Å². The van der Waals surface area contributed by atoms with E-state index in [1.807, 2.05) is 6.07 Å². The molecule has 0 spiro atoms. The van der Waals surface area contributed by atoms with Crippen molar-refractivity contribution in [3.63, 3.8) is 0 Å². The number of benzene rings is 1. The van der Waals surface area contributed by atoms with Crippen molar-refractivity contribution in [2.45, 2.75) is 38.3 Å². The van der Waals surface area contributed by atoms with Crippen molar-refractivity contribution in [1.82, 2.24) is 4.90 Å². The van der Waals surface area contributed by atoms with Crippen molar-refractivity contribution >= 4 is 0 Å². The topological polar surface area (TPSA) is 47.7 Å². The van der Waals surface area contributed by atoms with E-state index in [9.17, 15) is 0 Å². The van der Waals surface area contributed by atoms with Crippen molar-refractivity contribution in [2.75, 3.05) is 19.9 Å². The van der Waals surface area contributed by atoms with E-state index in [0.29, 0.717) is 25.4 Å². The van der Waals surface area contributed by atoms with Crippen molar-refractivity contribution < 1.29 is 9.47 Å². The third-order valence-electron chi connectivity index (χ3n) is 4.30. The van der Waals surface area contributed by atoms with Crippen molar-refractivity contribution in [2.24, 2.45) is 5.73 Å². The first-order chi connectivity index (χ1) is 9.33. The normalized spacial score (nSPS) is 23.8. The smallest absolute Gasteiger partial charge is 0.231 e. The van der Waals surface area contributed by atoms with Crippen molar-refractivity contribution in [3.8, 4) is 11.5 Å². The molecule has 1 saturated heterocycles. The van der Waals surface area contributed by atoms with Gasteiger partial charge in [-0.05, 0) is 43.5 Å². The molecule has 2 aliphatic rings. The first kappa shape index (κ1) is 12.8. The highest BCUT2D eigenvalue weighted by molar-refractivity contribution is 5.45. The minimum atomic E-state index is 0.293. The van der Waals surface area contributed by atoms with Crippen LogP contribution in [0.3, 0.4) is 0 Å². The molecule has 104 valence electrons. The second-order valence-corrected chi connectivity index (χ2v) is 5.31. The largest absolute Gasteiger partial charge is 0.454 e. The SMILES string of the molecule is CCC1CCCN1C(CN)c1ccc2c(c1)OCO2. The summed E-state index contributed by atoms with van der Waals surface area (Å²) in [5, 5.41) is 0. The lowest BCUT2D eigenvalue weighted by atomic mass is 10.0. The molecule has 2 aliphatic heterocycles. The number of hydrogen-bond acceptors (Lipinski definition) is 4. The molecule has 1 aromatic rings. The van der Waals surface area contributed by atoms with E-state index >= 15 is 0 Å². The molecule has 19 heavy (non-hydrogen) atoms. The van der Waals surface area contributed by atoms with Gasteiger partial charge in [0.25, 0.3) is 0 Å². The van der Waals surface area contributed by atoms with E-state index < -0.39 is 0 Å². The molecule has 0 aromatic heterocycles. The van der Waals surface area contributed by atoms with Crippen LogP contribution in [0.15, 0.2) is 18.2 Å². The molecule has 0 aliphatic carbocycles.